The molecule has 1 heterocycles. The Kier molecular flexibility index (Phi) is 3.77. The maximum absolute atomic E-state index is 11.8. The molecule has 0 spiro atoms. The highest BCUT2D eigenvalue weighted by Crippen LogP contribution is 2.17. The molecule has 1 atom stereocenters. The van der Waals surface area contributed by atoms with E-state index in [0.29, 0.717) is 6.42 Å². The fraction of sp³-hybridized carbons (Fsp3) is 0.286. The average Bonchev–Trinajstić information content (AvgIpc) is 2.72. The molecule has 4 heteroatoms. The number of rotatable bonds is 3. The normalized spacial score (nSPS) is 19.3. The van der Waals surface area contributed by atoms with Crippen LogP contribution in [0.15, 0.2) is 42.5 Å². The van der Waals surface area contributed by atoms with Crippen molar-refractivity contribution in [3.05, 3.63) is 48.0 Å². The number of nitrogens with zero attached hydrogens (tertiary/aromatic N) is 1. The largest absolute Gasteiger partial charge is 0.447 e. The van der Waals surface area contributed by atoms with Gasteiger partial charge in [-0.2, -0.15) is 0 Å². The van der Waals surface area contributed by atoms with Crippen LogP contribution in [0.1, 0.15) is 12.5 Å². The first-order chi connectivity index (χ1) is 8.72. The lowest BCUT2D eigenvalue weighted by molar-refractivity contribution is -0.124. The number of carbonyl (C=O) groups excluding carboxylic acids is 2. The number of hydrogen-bond donors (Lipinski definition) is 0. The third-order valence-electron chi connectivity index (χ3n) is 2.82. The number of amides is 2. The smallest absolute Gasteiger partial charge is 0.417 e. The predicted molar refractivity (Wildman–Crippen MR) is 66.9 cm³/mol. The van der Waals surface area contributed by atoms with E-state index < -0.39 is 6.09 Å². The van der Waals surface area contributed by atoms with Crippen LogP contribution >= 0.6 is 0 Å². The molecule has 0 aromatic heterocycles. The minimum Gasteiger partial charge on any atom is -0.447 e. The zero-order chi connectivity index (χ0) is 13.0. The van der Waals surface area contributed by atoms with Crippen molar-refractivity contribution < 1.29 is 14.3 Å². The van der Waals surface area contributed by atoms with Crippen LogP contribution in [0.4, 0.5) is 4.79 Å². The van der Waals surface area contributed by atoms with Crippen molar-refractivity contribution in [2.75, 3.05) is 6.61 Å². The maximum Gasteiger partial charge on any atom is 0.417 e. The number of ether oxygens (including phenoxy) is 1. The fourth-order valence-electron chi connectivity index (χ4n) is 1.99. The molecule has 4 nitrogen and oxygen atoms in total. The van der Waals surface area contributed by atoms with Gasteiger partial charge >= 0.3 is 6.09 Å². The molecule has 0 bridgehead atoms. The first-order valence-electron chi connectivity index (χ1n) is 5.89. The van der Waals surface area contributed by atoms with Gasteiger partial charge in [0, 0.05) is 0 Å². The van der Waals surface area contributed by atoms with Gasteiger partial charge in [-0.05, 0) is 25.0 Å². The quantitative estimate of drug-likeness (QED) is 0.766. The molecule has 1 aliphatic heterocycles. The molecule has 1 aromatic carbocycles. The van der Waals surface area contributed by atoms with Crippen LogP contribution in [-0.4, -0.2) is 29.5 Å². The summed E-state index contributed by atoms with van der Waals surface area (Å²) >= 11 is 0. The number of hydrogen-bond acceptors (Lipinski definition) is 3. The third-order valence-corrected chi connectivity index (χ3v) is 2.82. The number of benzene rings is 1. The van der Waals surface area contributed by atoms with Gasteiger partial charge in [0.25, 0.3) is 5.91 Å². The van der Waals surface area contributed by atoms with Crippen LogP contribution in [0.25, 0.3) is 0 Å². The van der Waals surface area contributed by atoms with Crippen LogP contribution in [0, 0.1) is 0 Å². The minimum atomic E-state index is -0.556. The predicted octanol–water partition coefficient (Wildman–Crippen LogP) is 2.15. The molecular formula is C14H15NO3. The lowest BCUT2D eigenvalue weighted by Crippen LogP contribution is -2.39. The molecule has 1 aromatic rings. The van der Waals surface area contributed by atoms with Gasteiger partial charge in [-0.3, -0.25) is 4.79 Å². The van der Waals surface area contributed by atoms with Gasteiger partial charge in [0.05, 0.1) is 6.04 Å². The standard InChI is InChI=1S/C14H15NO3/c1-2-6-13(16)15-12(10-18-14(15)17)9-11-7-4-3-5-8-11/h2-8,12H,9-10H2,1H3/b6-2-. The van der Waals surface area contributed by atoms with Crippen molar-refractivity contribution >= 4 is 12.0 Å². The van der Waals surface area contributed by atoms with E-state index >= 15 is 0 Å². The molecule has 1 aliphatic rings. The van der Waals surface area contributed by atoms with Crippen LogP contribution in [0.5, 0.6) is 0 Å². The molecular weight excluding hydrogens is 230 g/mol. The molecule has 1 unspecified atom stereocenters. The number of carbonyl (C=O) groups is 2. The Balaban J connectivity index is 2.12. The van der Waals surface area contributed by atoms with Gasteiger partial charge in [-0.15, -0.1) is 0 Å². The topological polar surface area (TPSA) is 46.6 Å². The molecule has 0 saturated carbocycles. The summed E-state index contributed by atoms with van der Waals surface area (Å²) < 4.78 is 4.95. The van der Waals surface area contributed by atoms with E-state index in [9.17, 15) is 9.59 Å². The molecule has 0 aliphatic carbocycles. The summed E-state index contributed by atoms with van der Waals surface area (Å²) in [5, 5.41) is 0. The zero-order valence-electron chi connectivity index (χ0n) is 10.2. The Morgan fingerprint density at radius 2 is 2.17 bits per heavy atom. The highest BCUT2D eigenvalue weighted by molar-refractivity contribution is 5.99. The summed E-state index contributed by atoms with van der Waals surface area (Å²) in [7, 11) is 0. The second-order valence-electron chi connectivity index (χ2n) is 4.13. The molecule has 18 heavy (non-hydrogen) atoms. The number of cyclic esters (lactones) is 1. The van der Waals surface area contributed by atoms with Crippen molar-refractivity contribution in [1.82, 2.24) is 4.90 Å². The van der Waals surface area contributed by atoms with E-state index in [2.05, 4.69) is 0 Å². The highest BCUT2D eigenvalue weighted by Gasteiger charge is 2.36. The van der Waals surface area contributed by atoms with E-state index in [1.54, 1.807) is 13.0 Å². The Morgan fingerprint density at radius 1 is 1.44 bits per heavy atom. The average molecular weight is 245 g/mol. The summed E-state index contributed by atoms with van der Waals surface area (Å²) in [5.41, 5.74) is 1.08. The van der Waals surface area contributed by atoms with E-state index in [4.69, 9.17) is 4.74 Å². The molecule has 2 amide bonds. The summed E-state index contributed by atoms with van der Waals surface area (Å²) in [4.78, 5) is 24.5. The molecule has 0 radical (unpaired) electrons. The van der Waals surface area contributed by atoms with Gasteiger partial charge in [0.15, 0.2) is 0 Å². The second kappa shape index (κ2) is 5.49. The van der Waals surface area contributed by atoms with E-state index in [-0.39, 0.29) is 18.6 Å². The first-order valence-corrected chi connectivity index (χ1v) is 5.89. The summed E-state index contributed by atoms with van der Waals surface area (Å²) in [6.07, 6.45) is 3.06. The Morgan fingerprint density at radius 3 is 2.83 bits per heavy atom. The van der Waals surface area contributed by atoms with E-state index in [1.165, 1.54) is 11.0 Å². The van der Waals surface area contributed by atoms with Crippen molar-refractivity contribution in [3.63, 3.8) is 0 Å². The van der Waals surface area contributed by atoms with Gasteiger partial charge in [-0.25, -0.2) is 9.69 Å². The molecule has 1 fully saturated rings. The number of imide groups is 1. The minimum absolute atomic E-state index is 0.219. The molecule has 2 rings (SSSR count). The van der Waals surface area contributed by atoms with Crippen molar-refractivity contribution in [3.8, 4) is 0 Å². The summed E-state index contributed by atoms with van der Waals surface area (Å²) in [6.45, 7) is 2.00. The Labute approximate surface area is 106 Å². The zero-order valence-corrected chi connectivity index (χ0v) is 10.2. The summed E-state index contributed by atoms with van der Waals surface area (Å²) in [5.74, 6) is -0.319. The van der Waals surface area contributed by atoms with Crippen LogP contribution < -0.4 is 0 Å². The van der Waals surface area contributed by atoms with Gasteiger partial charge in [0.2, 0.25) is 0 Å². The molecule has 1 saturated heterocycles. The van der Waals surface area contributed by atoms with Crippen molar-refractivity contribution in [1.29, 1.82) is 0 Å². The lowest BCUT2D eigenvalue weighted by atomic mass is 10.1. The maximum atomic E-state index is 11.8. The van der Waals surface area contributed by atoms with Crippen molar-refractivity contribution in [2.45, 2.75) is 19.4 Å². The monoisotopic (exact) mass is 245 g/mol. The van der Waals surface area contributed by atoms with Gasteiger partial charge in [0.1, 0.15) is 6.61 Å². The van der Waals surface area contributed by atoms with Crippen LogP contribution in [-0.2, 0) is 16.0 Å². The SMILES string of the molecule is C/C=C\C(=O)N1C(=O)OCC1Cc1ccccc1. The Bertz CT molecular complexity index is 467. The third kappa shape index (κ3) is 2.59. The van der Waals surface area contributed by atoms with E-state index in [0.717, 1.165) is 5.56 Å². The fourth-order valence-corrected chi connectivity index (χ4v) is 1.99. The Hall–Kier alpha value is -2.10. The lowest BCUT2D eigenvalue weighted by Gasteiger charge is -2.17. The van der Waals surface area contributed by atoms with Crippen molar-refractivity contribution in [2.24, 2.45) is 0 Å². The molecule has 94 valence electrons. The number of allylic oxidation sites excluding steroid dienone is 1. The second-order valence-corrected chi connectivity index (χ2v) is 4.13. The highest BCUT2D eigenvalue weighted by atomic mass is 16.6. The summed E-state index contributed by atoms with van der Waals surface area (Å²) in [6, 6.07) is 9.53. The van der Waals surface area contributed by atoms with Crippen LogP contribution in [0.3, 0.4) is 0 Å². The molecule has 0 N–H and O–H groups in total. The first kappa shape index (κ1) is 12.4. The van der Waals surface area contributed by atoms with Crippen LogP contribution in [0.2, 0.25) is 0 Å². The van der Waals surface area contributed by atoms with Gasteiger partial charge in [-0.1, -0.05) is 36.4 Å². The van der Waals surface area contributed by atoms with Gasteiger partial charge < -0.3 is 4.74 Å². The van der Waals surface area contributed by atoms with E-state index in [1.807, 2.05) is 30.3 Å².